The van der Waals surface area contributed by atoms with E-state index in [1.165, 1.54) is 6.07 Å². The number of halogens is 1. The van der Waals surface area contributed by atoms with Gasteiger partial charge in [-0.25, -0.2) is 4.58 Å². The fourth-order valence-electron chi connectivity index (χ4n) is 6.52. The number of allylic oxidation sites excluding steroid dienone is 5. The summed E-state index contributed by atoms with van der Waals surface area (Å²) in [7, 11) is 3.97. The summed E-state index contributed by atoms with van der Waals surface area (Å²) in [5.41, 5.74) is 10.9. The predicted octanol–water partition coefficient (Wildman–Crippen LogP) is 7.97. The van der Waals surface area contributed by atoms with Crippen LogP contribution in [-0.4, -0.2) is 34.2 Å². The van der Waals surface area contributed by atoms with Gasteiger partial charge in [-0.05, 0) is 75.8 Å². The Morgan fingerprint density at radius 1 is 1.00 bits per heavy atom. The molecule has 0 radical (unpaired) electrons. The van der Waals surface area contributed by atoms with Crippen molar-refractivity contribution in [3.8, 4) is 0 Å². The van der Waals surface area contributed by atoms with Gasteiger partial charge in [-0.1, -0.05) is 23.4 Å². The largest absolute Gasteiger partial charge is 0.341 e. The summed E-state index contributed by atoms with van der Waals surface area (Å²) >= 11 is 6.97. The van der Waals surface area contributed by atoms with Crippen molar-refractivity contribution in [2.45, 2.75) is 64.2 Å². The van der Waals surface area contributed by atoms with Gasteiger partial charge < -0.3 is 4.90 Å². The van der Waals surface area contributed by atoms with Crippen molar-refractivity contribution in [2.24, 2.45) is 0 Å². The Morgan fingerprint density at radius 3 is 2.29 bits per heavy atom. The smallest absolute Gasteiger partial charge is 0.270 e. The van der Waals surface area contributed by atoms with E-state index in [2.05, 4.69) is 44.1 Å². The fraction of sp³-hybridized carbons (Fsp3) is 0.375. The standard InChI is InChI=1S/C32H34ClN4O4/c1-31(2)24-18-22(36(38)39)12-14-26(24)34(5)28(31)16-10-20-8-7-9-21(30(20)33)11-17-29-32(3,4)25-19-23(37(40)41)13-15-27(25)35(29)6/h10-15,18-19H,7-9,16H2,1-6H3/q+1. The molecular weight excluding hydrogens is 540 g/mol. The molecule has 0 bridgehead atoms. The van der Waals surface area contributed by atoms with Gasteiger partial charge in [0.15, 0.2) is 5.71 Å². The van der Waals surface area contributed by atoms with Crippen LogP contribution in [0.15, 0.2) is 76.2 Å². The number of nitro benzene ring substituents is 2. The van der Waals surface area contributed by atoms with Crippen LogP contribution in [0.3, 0.4) is 0 Å². The number of fused-ring (bicyclic) bond motifs is 2. The highest BCUT2D eigenvalue weighted by molar-refractivity contribution is 6.32. The summed E-state index contributed by atoms with van der Waals surface area (Å²) in [4.78, 5) is 24.1. The molecule has 9 heteroatoms. The lowest BCUT2D eigenvalue weighted by Crippen LogP contribution is -2.28. The lowest BCUT2D eigenvalue weighted by molar-refractivity contribution is -0.404. The Hall–Kier alpha value is -4.00. The van der Waals surface area contributed by atoms with E-state index in [1.807, 2.05) is 31.1 Å². The van der Waals surface area contributed by atoms with Gasteiger partial charge in [0.1, 0.15) is 7.05 Å². The van der Waals surface area contributed by atoms with Crippen LogP contribution < -0.4 is 4.90 Å². The van der Waals surface area contributed by atoms with Crippen molar-refractivity contribution in [2.75, 3.05) is 19.0 Å². The van der Waals surface area contributed by atoms with Crippen LogP contribution in [0.2, 0.25) is 0 Å². The summed E-state index contributed by atoms with van der Waals surface area (Å²) in [6, 6.07) is 10.1. The zero-order valence-corrected chi connectivity index (χ0v) is 25.0. The van der Waals surface area contributed by atoms with Crippen molar-refractivity contribution in [1.82, 2.24) is 0 Å². The molecule has 2 heterocycles. The predicted molar refractivity (Wildman–Crippen MR) is 163 cm³/mol. The number of nitrogens with zero attached hydrogens (tertiary/aromatic N) is 4. The van der Waals surface area contributed by atoms with E-state index < -0.39 is 5.41 Å². The van der Waals surface area contributed by atoms with Crippen molar-refractivity contribution >= 4 is 40.1 Å². The van der Waals surface area contributed by atoms with Gasteiger partial charge in [-0.3, -0.25) is 20.2 Å². The second-order valence-corrected chi connectivity index (χ2v) is 12.4. The summed E-state index contributed by atoms with van der Waals surface area (Å²) < 4.78 is 2.14. The maximum Gasteiger partial charge on any atom is 0.270 e. The first kappa shape index (κ1) is 28.5. The Morgan fingerprint density at radius 2 is 1.63 bits per heavy atom. The first-order valence-corrected chi connectivity index (χ1v) is 14.1. The number of nitro groups is 2. The molecule has 2 aliphatic heterocycles. The molecule has 3 aliphatic rings. The molecule has 212 valence electrons. The van der Waals surface area contributed by atoms with Gasteiger partial charge in [-0.15, -0.1) is 0 Å². The van der Waals surface area contributed by atoms with E-state index in [-0.39, 0.29) is 26.6 Å². The molecule has 0 atom stereocenters. The molecule has 1 aliphatic carbocycles. The van der Waals surface area contributed by atoms with E-state index in [1.54, 1.807) is 24.3 Å². The lowest BCUT2D eigenvalue weighted by Gasteiger charge is -2.22. The van der Waals surface area contributed by atoms with Gasteiger partial charge in [-0.2, -0.15) is 0 Å². The van der Waals surface area contributed by atoms with Crippen LogP contribution in [0.1, 0.15) is 64.5 Å². The maximum atomic E-state index is 11.4. The molecule has 0 fully saturated rings. The molecular formula is C32H34ClN4O4+. The molecule has 0 amide bonds. The molecule has 5 rings (SSSR count). The molecule has 2 aromatic rings. The number of hydrogen-bond acceptors (Lipinski definition) is 5. The van der Waals surface area contributed by atoms with E-state index in [0.29, 0.717) is 6.42 Å². The third kappa shape index (κ3) is 4.71. The highest BCUT2D eigenvalue weighted by Crippen LogP contribution is 2.48. The van der Waals surface area contributed by atoms with Crippen LogP contribution in [0.5, 0.6) is 0 Å². The van der Waals surface area contributed by atoms with Crippen LogP contribution >= 0.6 is 11.6 Å². The molecule has 0 spiro atoms. The highest BCUT2D eigenvalue weighted by atomic mass is 35.5. The van der Waals surface area contributed by atoms with Gasteiger partial charge in [0.05, 0.1) is 21.0 Å². The zero-order chi connectivity index (χ0) is 29.9. The summed E-state index contributed by atoms with van der Waals surface area (Å²) in [6.07, 6.45) is 7.53. The second-order valence-electron chi connectivity index (χ2n) is 12.0. The number of rotatable bonds is 5. The SMILES string of the molecule is CN1C(=C=CC2=C(Cl)C(=CCC3=[N+](C)c4ccc([N+](=O)[O-])cc4C3(C)C)CCC2)C(C)(C)c2cc([N+](=O)[O-])ccc21. The maximum absolute atomic E-state index is 11.4. The Kier molecular flexibility index (Phi) is 7.04. The first-order chi connectivity index (χ1) is 19.2. The third-order valence-electron chi connectivity index (χ3n) is 8.89. The normalized spacial score (nSPS) is 19.8. The minimum absolute atomic E-state index is 0.0820. The summed E-state index contributed by atoms with van der Waals surface area (Å²) in [6.45, 7) is 8.33. The second kappa shape index (κ2) is 10.1. The number of anilines is 1. The fourth-order valence-corrected chi connectivity index (χ4v) is 6.84. The number of benzene rings is 2. The van der Waals surface area contributed by atoms with Gasteiger partial charge in [0.2, 0.25) is 5.69 Å². The number of non-ortho nitro benzene ring substituents is 2. The number of likely N-dealkylation sites (N-methyl/N-ethyl adjacent to an activating group) is 1. The molecule has 41 heavy (non-hydrogen) atoms. The molecule has 2 aromatic carbocycles. The third-order valence-corrected chi connectivity index (χ3v) is 9.37. The molecule has 0 unspecified atom stereocenters. The van der Waals surface area contributed by atoms with Crippen molar-refractivity contribution in [1.29, 1.82) is 0 Å². The molecule has 0 saturated carbocycles. The first-order valence-electron chi connectivity index (χ1n) is 13.7. The van der Waals surface area contributed by atoms with Crippen molar-refractivity contribution < 1.29 is 14.4 Å². The average Bonchev–Trinajstić information content (AvgIpc) is 3.24. The van der Waals surface area contributed by atoms with Gasteiger partial charge in [0.25, 0.3) is 11.4 Å². The average molecular weight is 574 g/mol. The Balaban J connectivity index is 1.45. The molecule has 0 saturated heterocycles. The monoisotopic (exact) mass is 573 g/mol. The van der Waals surface area contributed by atoms with E-state index in [4.69, 9.17) is 11.6 Å². The topological polar surface area (TPSA) is 92.5 Å². The van der Waals surface area contributed by atoms with Crippen LogP contribution in [0.25, 0.3) is 0 Å². The van der Waals surface area contributed by atoms with Crippen LogP contribution in [0.4, 0.5) is 22.7 Å². The van der Waals surface area contributed by atoms with Gasteiger partial charge in [0, 0.05) is 65.5 Å². The highest BCUT2D eigenvalue weighted by Gasteiger charge is 2.44. The van der Waals surface area contributed by atoms with E-state index >= 15 is 0 Å². The zero-order valence-electron chi connectivity index (χ0n) is 24.2. The summed E-state index contributed by atoms with van der Waals surface area (Å²) in [5.74, 6) is 0. The lowest BCUT2D eigenvalue weighted by atomic mass is 9.79. The van der Waals surface area contributed by atoms with Crippen LogP contribution in [-0.2, 0) is 10.8 Å². The minimum Gasteiger partial charge on any atom is -0.341 e. The van der Waals surface area contributed by atoms with Crippen LogP contribution in [0, 0.1) is 20.2 Å². The number of hydrogen-bond donors (Lipinski definition) is 0. The Labute approximate surface area is 244 Å². The molecule has 0 N–H and O–H groups in total. The Bertz CT molecular complexity index is 1670. The molecule has 0 aromatic heterocycles. The summed E-state index contributed by atoms with van der Waals surface area (Å²) in [5, 5.41) is 23.5. The van der Waals surface area contributed by atoms with E-state index in [9.17, 15) is 20.2 Å². The van der Waals surface area contributed by atoms with Crippen molar-refractivity contribution in [3.05, 3.63) is 108 Å². The van der Waals surface area contributed by atoms with Crippen molar-refractivity contribution in [3.63, 3.8) is 0 Å². The van der Waals surface area contributed by atoms with E-state index in [0.717, 1.165) is 69.4 Å². The van der Waals surface area contributed by atoms with Gasteiger partial charge >= 0.3 is 0 Å². The minimum atomic E-state index is -0.452. The quantitative estimate of drug-likeness (QED) is 0.156. The molecule has 8 nitrogen and oxygen atoms in total.